The molecule has 0 atom stereocenters. The number of aryl methyl sites for hydroxylation is 4. The largest absolute Gasteiger partial charge is 0.496 e. The Morgan fingerprint density at radius 1 is 1.29 bits per heavy atom. The quantitative estimate of drug-likeness (QED) is 0.514. The average molecular weight is 492 g/mol. The number of nitrogens with one attached hydrogen (secondary N) is 1. The van der Waals surface area contributed by atoms with E-state index in [1.807, 2.05) is 47.7 Å². The molecule has 0 saturated heterocycles. The van der Waals surface area contributed by atoms with E-state index in [-0.39, 0.29) is 18.2 Å². The summed E-state index contributed by atoms with van der Waals surface area (Å²) < 4.78 is 7.32. The molecule has 0 saturated carbocycles. The Hall–Kier alpha value is -3.64. The van der Waals surface area contributed by atoms with Crippen LogP contribution in [0.15, 0.2) is 30.7 Å². The molecule has 0 fully saturated rings. The van der Waals surface area contributed by atoms with Crippen LogP contribution in [0.5, 0.6) is 5.75 Å². The fraction of sp³-hybridized carbons (Fsp3) is 0.385. The molecule has 8 nitrogen and oxygen atoms in total. The minimum Gasteiger partial charge on any atom is -0.496 e. The third kappa shape index (κ3) is 5.72. The van der Waals surface area contributed by atoms with E-state index in [2.05, 4.69) is 16.4 Å². The molecule has 0 radical (unpaired) electrons. The summed E-state index contributed by atoms with van der Waals surface area (Å²) in [5.41, 5.74) is 4.48. The first-order valence-electron chi connectivity index (χ1n) is 11.6. The number of benzene rings is 1. The number of carbonyl (C=O) groups is 2. The van der Waals surface area contributed by atoms with E-state index >= 15 is 0 Å². The minimum atomic E-state index is -0.146. The van der Waals surface area contributed by atoms with Crippen LogP contribution >= 0.6 is 11.3 Å². The van der Waals surface area contributed by atoms with Crippen molar-refractivity contribution in [3.05, 3.63) is 63.5 Å². The number of carbonyl (C=O) groups excluding carboxylic acids is 2. The predicted molar refractivity (Wildman–Crippen MR) is 134 cm³/mol. The van der Waals surface area contributed by atoms with E-state index in [1.54, 1.807) is 13.4 Å². The summed E-state index contributed by atoms with van der Waals surface area (Å²) >= 11 is 1.40. The molecule has 1 aliphatic heterocycles. The molecule has 35 heavy (non-hydrogen) atoms. The third-order valence-electron chi connectivity index (χ3n) is 6.18. The summed E-state index contributed by atoms with van der Waals surface area (Å²) in [5, 5.41) is 13.3. The van der Waals surface area contributed by atoms with Gasteiger partial charge in [0.1, 0.15) is 16.8 Å². The SMILES string of the molecule is COc1ccc(C)cc1CCC(=O)Nc1sc2c(c1C#N)CCN(C(=O)CCn1cnc(C)c1)C2. The van der Waals surface area contributed by atoms with Gasteiger partial charge in [-0.15, -0.1) is 11.3 Å². The van der Waals surface area contributed by atoms with E-state index in [0.717, 1.165) is 33.0 Å². The van der Waals surface area contributed by atoms with Crippen molar-refractivity contribution < 1.29 is 14.3 Å². The monoisotopic (exact) mass is 491 g/mol. The van der Waals surface area contributed by atoms with Gasteiger partial charge in [0.25, 0.3) is 0 Å². The van der Waals surface area contributed by atoms with Crippen molar-refractivity contribution in [1.29, 1.82) is 5.26 Å². The molecule has 0 spiro atoms. The molecule has 2 aromatic heterocycles. The first-order valence-corrected chi connectivity index (χ1v) is 12.4. The lowest BCUT2D eigenvalue weighted by atomic mass is 10.0. The Kier molecular flexibility index (Phi) is 7.51. The van der Waals surface area contributed by atoms with Crippen LogP contribution in [0, 0.1) is 25.2 Å². The molecule has 0 aliphatic carbocycles. The maximum absolute atomic E-state index is 12.8. The lowest BCUT2D eigenvalue weighted by Gasteiger charge is -2.27. The van der Waals surface area contributed by atoms with Crippen molar-refractivity contribution >= 4 is 28.2 Å². The number of hydrogen-bond acceptors (Lipinski definition) is 6. The molecule has 1 aliphatic rings. The number of methoxy groups -OCH3 is 1. The number of aromatic nitrogens is 2. The number of anilines is 1. The highest BCUT2D eigenvalue weighted by Crippen LogP contribution is 2.37. The Labute approximate surface area is 209 Å². The number of amides is 2. The zero-order valence-electron chi connectivity index (χ0n) is 20.3. The summed E-state index contributed by atoms with van der Waals surface area (Å²) in [4.78, 5) is 32.5. The van der Waals surface area contributed by atoms with Gasteiger partial charge in [0.2, 0.25) is 11.8 Å². The van der Waals surface area contributed by atoms with E-state index in [4.69, 9.17) is 4.74 Å². The molecular formula is C26H29N5O3S. The number of thiophene rings is 1. The number of ether oxygens (including phenoxy) is 1. The average Bonchev–Trinajstić information content (AvgIpc) is 3.42. The second-order valence-corrected chi connectivity index (χ2v) is 9.86. The van der Waals surface area contributed by atoms with Crippen LogP contribution in [0.1, 0.15) is 45.7 Å². The van der Waals surface area contributed by atoms with Crippen molar-refractivity contribution in [2.75, 3.05) is 19.0 Å². The van der Waals surface area contributed by atoms with E-state index in [9.17, 15) is 14.9 Å². The zero-order valence-corrected chi connectivity index (χ0v) is 21.1. The topological polar surface area (TPSA) is 100 Å². The van der Waals surface area contributed by atoms with Gasteiger partial charge in [-0.2, -0.15) is 5.26 Å². The molecule has 0 unspecified atom stereocenters. The van der Waals surface area contributed by atoms with Crippen molar-refractivity contribution in [3.8, 4) is 11.8 Å². The van der Waals surface area contributed by atoms with Crippen LogP contribution in [0.4, 0.5) is 5.00 Å². The van der Waals surface area contributed by atoms with Gasteiger partial charge >= 0.3 is 0 Å². The second-order valence-electron chi connectivity index (χ2n) is 8.75. The number of nitriles is 1. The minimum absolute atomic E-state index is 0.0756. The van der Waals surface area contributed by atoms with Crippen molar-refractivity contribution in [1.82, 2.24) is 14.5 Å². The van der Waals surface area contributed by atoms with Crippen LogP contribution < -0.4 is 10.1 Å². The highest BCUT2D eigenvalue weighted by molar-refractivity contribution is 7.16. The lowest BCUT2D eigenvalue weighted by Crippen LogP contribution is -2.35. The number of hydrogen-bond donors (Lipinski definition) is 1. The van der Waals surface area contributed by atoms with Crippen LogP contribution in [-0.4, -0.2) is 39.9 Å². The predicted octanol–water partition coefficient (Wildman–Crippen LogP) is 3.99. The van der Waals surface area contributed by atoms with E-state index in [1.165, 1.54) is 11.3 Å². The number of fused-ring (bicyclic) bond motifs is 1. The van der Waals surface area contributed by atoms with Crippen molar-refractivity contribution in [3.63, 3.8) is 0 Å². The van der Waals surface area contributed by atoms with Gasteiger partial charge in [-0.1, -0.05) is 17.7 Å². The molecule has 2 amide bonds. The third-order valence-corrected chi connectivity index (χ3v) is 7.31. The van der Waals surface area contributed by atoms with Gasteiger partial charge in [0, 0.05) is 37.0 Å². The van der Waals surface area contributed by atoms with Gasteiger partial charge < -0.3 is 19.5 Å². The first kappa shape index (κ1) is 24.5. The van der Waals surface area contributed by atoms with Crippen LogP contribution in [-0.2, 0) is 35.5 Å². The van der Waals surface area contributed by atoms with Crippen molar-refractivity contribution in [2.45, 2.75) is 52.6 Å². The maximum atomic E-state index is 12.8. The van der Waals surface area contributed by atoms with Gasteiger partial charge in [-0.25, -0.2) is 4.98 Å². The van der Waals surface area contributed by atoms with Crippen LogP contribution in [0.3, 0.4) is 0 Å². The summed E-state index contributed by atoms with van der Waals surface area (Å²) in [6.45, 7) is 5.55. The molecule has 1 aromatic carbocycles. The Bertz CT molecular complexity index is 1290. The van der Waals surface area contributed by atoms with E-state index < -0.39 is 0 Å². The standard InChI is InChI=1S/C26H29N5O3S/c1-17-4-6-22(34-3)19(12-17)5-7-24(32)29-26-21(13-27)20-8-11-31(15-23(20)35-26)25(33)9-10-30-14-18(2)28-16-30/h4,6,12,14,16H,5,7-11,15H2,1-3H3,(H,29,32). The Morgan fingerprint density at radius 2 is 2.11 bits per heavy atom. The lowest BCUT2D eigenvalue weighted by molar-refractivity contribution is -0.132. The number of nitrogens with zero attached hydrogens (tertiary/aromatic N) is 4. The summed E-state index contributed by atoms with van der Waals surface area (Å²) in [6.07, 6.45) is 5.49. The zero-order chi connectivity index (χ0) is 24.9. The normalized spacial score (nSPS) is 12.7. The van der Waals surface area contributed by atoms with Crippen LogP contribution in [0.2, 0.25) is 0 Å². The van der Waals surface area contributed by atoms with Gasteiger partial charge in [-0.05, 0) is 43.9 Å². The van der Waals surface area contributed by atoms with Crippen LogP contribution in [0.25, 0.3) is 0 Å². The molecule has 3 heterocycles. The molecular weight excluding hydrogens is 462 g/mol. The number of rotatable bonds is 8. The highest BCUT2D eigenvalue weighted by atomic mass is 32.1. The van der Waals surface area contributed by atoms with Gasteiger partial charge in [0.15, 0.2) is 0 Å². The van der Waals surface area contributed by atoms with Gasteiger partial charge in [0.05, 0.1) is 31.2 Å². The molecule has 0 bridgehead atoms. The second kappa shape index (κ2) is 10.7. The Balaban J connectivity index is 1.38. The van der Waals surface area contributed by atoms with E-state index in [0.29, 0.717) is 49.5 Å². The fourth-order valence-corrected chi connectivity index (χ4v) is 5.57. The molecule has 9 heteroatoms. The summed E-state index contributed by atoms with van der Waals surface area (Å²) in [6, 6.07) is 8.17. The molecule has 1 N–H and O–H groups in total. The summed E-state index contributed by atoms with van der Waals surface area (Å²) in [7, 11) is 1.62. The summed E-state index contributed by atoms with van der Waals surface area (Å²) in [5.74, 6) is 0.694. The molecule has 182 valence electrons. The maximum Gasteiger partial charge on any atom is 0.225 e. The van der Waals surface area contributed by atoms with Crippen molar-refractivity contribution in [2.24, 2.45) is 0 Å². The number of imidazole rings is 1. The Morgan fingerprint density at radius 3 is 2.83 bits per heavy atom. The molecule has 4 rings (SSSR count). The first-order chi connectivity index (χ1) is 16.9. The smallest absolute Gasteiger partial charge is 0.225 e. The fourth-order valence-electron chi connectivity index (χ4n) is 4.34. The molecule has 3 aromatic rings. The van der Waals surface area contributed by atoms with Gasteiger partial charge in [-0.3, -0.25) is 9.59 Å². The highest BCUT2D eigenvalue weighted by Gasteiger charge is 2.27.